The van der Waals surface area contributed by atoms with Crippen LogP contribution >= 0.6 is 11.8 Å². The quantitative estimate of drug-likeness (QED) is 0.883. The van der Waals surface area contributed by atoms with Crippen molar-refractivity contribution in [3.8, 4) is 5.75 Å². The minimum Gasteiger partial charge on any atom is -0.507 e. The van der Waals surface area contributed by atoms with Crippen LogP contribution in [0.5, 0.6) is 5.75 Å². The lowest BCUT2D eigenvalue weighted by Crippen LogP contribution is -2.45. The first kappa shape index (κ1) is 13.7. The number of hydrogen-bond acceptors (Lipinski definition) is 4. The van der Waals surface area contributed by atoms with E-state index >= 15 is 0 Å². The van der Waals surface area contributed by atoms with Gasteiger partial charge in [-0.3, -0.25) is 4.79 Å². The Morgan fingerprint density at radius 1 is 1.42 bits per heavy atom. The SMILES string of the molecule is CCC1SCC(C(=O)O)N1C(=O)c1ccccc1O. The van der Waals surface area contributed by atoms with Gasteiger partial charge in [0.25, 0.3) is 5.91 Å². The van der Waals surface area contributed by atoms with Gasteiger partial charge in [-0.25, -0.2) is 4.79 Å². The molecule has 0 bridgehead atoms. The van der Waals surface area contributed by atoms with E-state index in [-0.39, 0.29) is 16.7 Å². The van der Waals surface area contributed by atoms with Gasteiger partial charge in [0.2, 0.25) is 0 Å². The summed E-state index contributed by atoms with van der Waals surface area (Å²) in [6.45, 7) is 1.91. The number of para-hydroxylation sites is 1. The maximum atomic E-state index is 12.4. The number of phenolic OH excluding ortho intramolecular Hbond substituents is 1. The summed E-state index contributed by atoms with van der Waals surface area (Å²) in [5.74, 6) is -1.18. The van der Waals surface area contributed by atoms with Crippen molar-refractivity contribution in [1.82, 2.24) is 4.90 Å². The first-order valence-corrected chi connectivity index (χ1v) is 7.06. The van der Waals surface area contributed by atoms with Crippen LogP contribution in [0.15, 0.2) is 24.3 Å². The number of amides is 1. The summed E-state index contributed by atoms with van der Waals surface area (Å²) in [7, 11) is 0. The number of carbonyl (C=O) groups excluding carboxylic acids is 1. The third-order valence-corrected chi connectivity index (χ3v) is 4.55. The summed E-state index contributed by atoms with van der Waals surface area (Å²) in [5, 5.41) is 18.8. The number of aliphatic carboxylic acids is 1. The number of phenols is 1. The molecule has 0 spiro atoms. The Balaban J connectivity index is 2.34. The molecule has 5 nitrogen and oxygen atoms in total. The zero-order valence-electron chi connectivity index (χ0n) is 10.4. The highest BCUT2D eigenvalue weighted by atomic mass is 32.2. The van der Waals surface area contributed by atoms with Crippen molar-refractivity contribution in [2.45, 2.75) is 24.8 Å². The molecule has 1 amide bonds. The van der Waals surface area contributed by atoms with Crippen LogP contribution in [0.3, 0.4) is 0 Å². The number of nitrogens with zero attached hydrogens (tertiary/aromatic N) is 1. The van der Waals surface area contributed by atoms with Gasteiger partial charge >= 0.3 is 5.97 Å². The molecule has 1 aromatic carbocycles. The van der Waals surface area contributed by atoms with Crippen LogP contribution < -0.4 is 0 Å². The van der Waals surface area contributed by atoms with Crippen molar-refractivity contribution >= 4 is 23.6 Å². The predicted octanol–water partition coefficient (Wildman–Crippen LogP) is 1.77. The van der Waals surface area contributed by atoms with Gasteiger partial charge in [-0.1, -0.05) is 19.1 Å². The van der Waals surface area contributed by atoms with Gasteiger partial charge < -0.3 is 15.1 Å². The number of aromatic hydroxyl groups is 1. The molecule has 0 saturated carbocycles. The third kappa shape index (κ3) is 2.53. The Kier molecular flexibility index (Phi) is 3.99. The Hall–Kier alpha value is -1.69. The maximum Gasteiger partial charge on any atom is 0.327 e. The van der Waals surface area contributed by atoms with E-state index in [9.17, 15) is 19.8 Å². The lowest BCUT2D eigenvalue weighted by molar-refractivity contribution is -0.141. The first-order chi connectivity index (χ1) is 9.06. The van der Waals surface area contributed by atoms with Gasteiger partial charge in [0.1, 0.15) is 11.8 Å². The van der Waals surface area contributed by atoms with Crippen LogP contribution in [0.2, 0.25) is 0 Å². The van der Waals surface area contributed by atoms with Crippen LogP contribution in [0.25, 0.3) is 0 Å². The number of benzene rings is 1. The minimum absolute atomic E-state index is 0.122. The van der Waals surface area contributed by atoms with Crippen LogP contribution in [-0.4, -0.2) is 44.2 Å². The van der Waals surface area contributed by atoms with Crippen LogP contribution in [0, 0.1) is 0 Å². The molecular weight excluding hydrogens is 266 g/mol. The van der Waals surface area contributed by atoms with Crippen molar-refractivity contribution in [3.63, 3.8) is 0 Å². The number of thioether (sulfide) groups is 1. The number of carbonyl (C=O) groups is 2. The highest BCUT2D eigenvalue weighted by Crippen LogP contribution is 2.33. The van der Waals surface area contributed by atoms with Crippen LogP contribution in [0.4, 0.5) is 0 Å². The molecule has 102 valence electrons. The molecule has 0 radical (unpaired) electrons. The lowest BCUT2D eigenvalue weighted by atomic mass is 10.1. The topological polar surface area (TPSA) is 77.8 Å². The predicted molar refractivity (Wildman–Crippen MR) is 72.2 cm³/mol. The Morgan fingerprint density at radius 2 is 2.11 bits per heavy atom. The monoisotopic (exact) mass is 281 g/mol. The van der Waals surface area contributed by atoms with E-state index in [1.807, 2.05) is 6.92 Å². The smallest absolute Gasteiger partial charge is 0.327 e. The second-order valence-corrected chi connectivity index (χ2v) is 5.49. The molecule has 1 aromatic rings. The molecule has 1 fully saturated rings. The fraction of sp³-hybridized carbons (Fsp3) is 0.385. The Bertz CT molecular complexity index is 505. The molecule has 2 unspecified atom stereocenters. The zero-order chi connectivity index (χ0) is 14.0. The van der Waals surface area contributed by atoms with E-state index in [2.05, 4.69) is 0 Å². The summed E-state index contributed by atoms with van der Waals surface area (Å²) in [6.07, 6.45) is 0.674. The average Bonchev–Trinajstić information content (AvgIpc) is 2.82. The fourth-order valence-electron chi connectivity index (χ4n) is 2.13. The summed E-state index contributed by atoms with van der Waals surface area (Å²) >= 11 is 1.46. The minimum atomic E-state index is -1.01. The van der Waals surface area contributed by atoms with Gasteiger partial charge in [0.05, 0.1) is 10.9 Å². The van der Waals surface area contributed by atoms with Crippen molar-refractivity contribution < 1.29 is 19.8 Å². The fourth-order valence-corrected chi connectivity index (χ4v) is 3.48. The van der Waals surface area contributed by atoms with Crippen LogP contribution in [0.1, 0.15) is 23.7 Å². The molecule has 1 aliphatic heterocycles. The van der Waals surface area contributed by atoms with E-state index in [0.29, 0.717) is 12.2 Å². The number of carboxylic acids is 1. The molecule has 19 heavy (non-hydrogen) atoms. The van der Waals surface area contributed by atoms with E-state index in [0.717, 1.165) is 0 Å². The van der Waals surface area contributed by atoms with Crippen molar-refractivity contribution in [3.05, 3.63) is 29.8 Å². The van der Waals surface area contributed by atoms with Gasteiger partial charge in [-0.05, 0) is 18.6 Å². The molecular formula is C13H15NO4S. The number of rotatable bonds is 3. The average molecular weight is 281 g/mol. The Labute approximate surface area is 115 Å². The number of carboxylic acid groups (broad SMARTS) is 1. The molecule has 6 heteroatoms. The molecule has 2 rings (SSSR count). The number of hydrogen-bond donors (Lipinski definition) is 2. The second-order valence-electron chi connectivity index (χ2n) is 4.28. The maximum absolute atomic E-state index is 12.4. The normalized spacial score (nSPS) is 22.5. The zero-order valence-corrected chi connectivity index (χ0v) is 11.3. The second kappa shape index (κ2) is 5.52. The molecule has 0 aliphatic carbocycles. The van der Waals surface area contributed by atoms with Crippen LogP contribution in [-0.2, 0) is 4.79 Å². The van der Waals surface area contributed by atoms with Gasteiger partial charge in [-0.15, -0.1) is 11.8 Å². The summed E-state index contributed by atoms with van der Waals surface area (Å²) in [6, 6.07) is 5.37. The van der Waals surface area contributed by atoms with E-state index in [1.54, 1.807) is 12.1 Å². The molecule has 1 saturated heterocycles. The standard InChI is InChI=1S/C13H15NO4S/c1-2-11-14(9(7-19-11)13(17)18)12(16)8-5-3-4-6-10(8)15/h3-6,9,11,15H,2,7H2,1H3,(H,17,18). The van der Waals surface area contributed by atoms with Gasteiger partial charge in [0.15, 0.2) is 0 Å². The van der Waals surface area contributed by atoms with Gasteiger partial charge in [-0.2, -0.15) is 0 Å². The van der Waals surface area contributed by atoms with E-state index < -0.39 is 17.9 Å². The molecule has 2 N–H and O–H groups in total. The van der Waals surface area contributed by atoms with E-state index in [1.165, 1.54) is 28.8 Å². The summed E-state index contributed by atoms with van der Waals surface area (Å²) < 4.78 is 0. The van der Waals surface area contributed by atoms with Gasteiger partial charge in [0, 0.05) is 5.75 Å². The summed E-state index contributed by atoms with van der Waals surface area (Å²) in [5.41, 5.74) is 0.148. The molecule has 1 heterocycles. The van der Waals surface area contributed by atoms with Crippen molar-refractivity contribution in [2.75, 3.05) is 5.75 Å². The first-order valence-electron chi connectivity index (χ1n) is 6.01. The largest absolute Gasteiger partial charge is 0.507 e. The highest BCUT2D eigenvalue weighted by molar-refractivity contribution is 8.00. The Morgan fingerprint density at radius 3 is 2.68 bits per heavy atom. The highest BCUT2D eigenvalue weighted by Gasteiger charge is 2.41. The molecule has 1 aliphatic rings. The molecule has 0 aromatic heterocycles. The van der Waals surface area contributed by atoms with E-state index in [4.69, 9.17) is 0 Å². The summed E-state index contributed by atoms with van der Waals surface area (Å²) in [4.78, 5) is 25.0. The van der Waals surface area contributed by atoms with Crippen molar-refractivity contribution in [2.24, 2.45) is 0 Å². The molecule has 2 atom stereocenters. The van der Waals surface area contributed by atoms with Crippen molar-refractivity contribution in [1.29, 1.82) is 0 Å². The third-order valence-electron chi connectivity index (χ3n) is 3.10. The lowest BCUT2D eigenvalue weighted by Gasteiger charge is -2.26.